The largest absolute Gasteiger partial charge is 0.495 e. The summed E-state index contributed by atoms with van der Waals surface area (Å²) in [6.07, 6.45) is 1.32. The highest BCUT2D eigenvalue weighted by Crippen LogP contribution is 2.26. The Morgan fingerprint density at radius 1 is 1.05 bits per heavy atom. The number of hydrogen-bond donors (Lipinski definition) is 7. The molecule has 1 aliphatic rings. The van der Waals surface area contributed by atoms with Gasteiger partial charge in [-0.05, 0) is 46.2 Å². The number of amides is 7. The average Bonchev–Trinajstić information content (AvgIpc) is 3.81. The first kappa shape index (κ1) is 41.6. The fraction of sp³-hybridized carbons (Fsp3) is 0.417. The molecule has 1 aromatic carbocycles. The number of likely N-dealkylation sites (N-methyl/N-ethyl adjacent to an activating group) is 1. The number of thiazole rings is 1. The number of aromatic amines is 1. The van der Waals surface area contributed by atoms with Crippen molar-refractivity contribution in [2.24, 2.45) is 0 Å². The summed E-state index contributed by atoms with van der Waals surface area (Å²) in [7, 11) is 2.88. The molecular weight excluding hydrogens is 735 g/mol. The van der Waals surface area contributed by atoms with Gasteiger partial charge in [-0.25, -0.2) is 4.98 Å². The van der Waals surface area contributed by atoms with Crippen LogP contribution in [0.25, 0.3) is 10.9 Å². The number of nitrogens with one attached hydrogen (secondary N) is 7. The molecule has 19 heteroatoms. The van der Waals surface area contributed by atoms with Crippen LogP contribution in [-0.4, -0.2) is 107 Å². The van der Waals surface area contributed by atoms with Crippen molar-refractivity contribution in [3.63, 3.8) is 0 Å². The maximum absolute atomic E-state index is 14.0. The van der Waals surface area contributed by atoms with Gasteiger partial charge in [0.1, 0.15) is 34.2 Å². The van der Waals surface area contributed by atoms with Crippen molar-refractivity contribution in [3.05, 3.63) is 57.8 Å². The normalized spacial score (nSPS) is 23.5. The van der Waals surface area contributed by atoms with Gasteiger partial charge in [0.05, 0.1) is 31.8 Å². The molecule has 0 aliphatic carbocycles. The lowest BCUT2D eigenvalue weighted by Crippen LogP contribution is -2.65. The Balaban J connectivity index is 1.70. The van der Waals surface area contributed by atoms with Crippen molar-refractivity contribution in [1.82, 2.24) is 46.8 Å². The number of carbonyl (C=O) groups excluding carboxylic acids is 8. The molecule has 0 radical (unpaired) electrons. The second-order valence-electron chi connectivity index (χ2n) is 13.0. The zero-order valence-electron chi connectivity index (χ0n) is 31.5. The molecule has 0 spiro atoms. The van der Waals surface area contributed by atoms with Crippen molar-refractivity contribution >= 4 is 69.4 Å². The van der Waals surface area contributed by atoms with E-state index in [1.54, 1.807) is 32.0 Å². The van der Waals surface area contributed by atoms with Crippen LogP contribution in [0.3, 0.4) is 0 Å². The summed E-state index contributed by atoms with van der Waals surface area (Å²) >= 11 is 1.07. The molecule has 3 heterocycles. The van der Waals surface area contributed by atoms with Crippen molar-refractivity contribution in [3.8, 4) is 5.75 Å². The number of Topliss-reactive ketones (excluding diaryl/α,β-unsaturated/α-hetero) is 1. The van der Waals surface area contributed by atoms with E-state index in [1.165, 1.54) is 32.5 Å². The lowest BCUT2D eigenvalue weighted by Gasteiger charge is -2.29. The SMILES string of the molecule is CC=C1NC(=O)C(CC)NC(=O)CNC(=O)C(C)(C(C)=O)NC(=O)C(Cc2cc3cccc(OC)c3[nH]2)NC(=O)c2csc(n2)C(C)NC(=O)CN(C)C1=O. The van der Waals surface area contributed by atoms with Gasteiger partial charge in [-0.15, -0.1) is 11.3 Å². The fourth-order valence-corrected chi connectivity index (χ4v) is 6.41. The third kappa shape index (κ3) is 9.91. The van der Waals surface area contributed by atoms with Crippen molar-refractivity contribution in [2.75, 3.05) is 27.2 Å². The second-order valence-corrected chi connectivity index (χ2v) is 13.9. The minimum absolute atomic E-state index is 0.0732. The Hall–Kier alpha value is -6.11. The summed E-state index contributed by atoms with van der Waals surface area (Å²) in [5, 5.41) is 17.7. The molecule has 2 bridgehead atoms. The molecule has 18 nitrogen and oxygen atoms in total. The summed E-state index contributed by atoms with van der Waals surface area (Å²) < 4.78 is 5.44. The van der Waals surface area contributed by atoms with Gasteiger partial charge < -0.3 is 46.5 Å². The van der Waals surface area contributed by atoms with E-state index < -0.39 is 83.9 Å². The van der Waals surface area contributed by atoms with Crippen LogP contribution in [0, 0.1) is 0 Å². The number of nitrogens with zero attached hydrogens (tertiary/aromatic N) is 2. The minimum atomic E-state index is -2.20. The van der Waals surface area contributed by atoms with Crippen LogP contribution in [0.2, 0.25) is 0 Å². The van der Waals surface area contributed by atoms with Crippen LogP contribution in [0.4, 0.5) is 0 Å². The third-order valence-electron chi connectivity index (χ3n) is 8.95. The number of benzene rings is 1. The van der Waals surface area contributed by atoms with Crippen LogP contribution in [0.5, 0.6) is 5.75 Å². The number of ketones is 1. The summed E-state index contributed by atoms with van der Waals surface area (Å²) in [4.78, 5) is 115. The Morgan fingerprint density at radius 2 is 1.78 bits per heavy atom. The Kier molecular flexibility index (Phi) is 13.5. The molecule has 3 aromatic rings. The van der Waals surface area contributed by atoms with E-state index in [-0.39, 0.29) is 24.2 Å². The molecule has 294 valence electrons. The lowest BCUT2D eigenvalue weighted by atomic mass is 9.95. The number of carbonyl (C=O) groups is 8. The number of ether oxygens (including phenoxy) is 1. The Bertz CT molecular complexity index is 2040. The summed E-state index contributed by atoms with van der Waals surface area (Å²) in [5.74, 6) is -5.69. The topological polar surface area (TPSA) is 250 Å². The smallest absolute Gasteiger partial charge is 0.271 e. The molecule has 7 N–H and O–H groups in total. The van der Waals surface area contributed by atoms with E-state index in [0.29, 0.717) is 22.0 Å². The highest BCUT2D eigenvalue weighted by Gasteiger charge is 2.42. The number of allylic oxidation sites excluding steroid dienone is 1. The Morgan fingerprint density at radius 3 is 2.44 bits per heavy atom. The predicted octanol–water partition coefficient (Wildman–Crippen LogP) is 0.118. The van der Waals surface area contributed by atoms with Gasteiger partial charge in [-0.2, -0.15) is 0 Å². The van der Waals surface area contributed by atoms with E-state index in [9.17, 15) is 38.4 Å². The van der Waals surface area contributed by atoms with Gasteiger partial charge in [0.2, 0.25) is 23.6 Å². The molecule has 4 unspecified atom stereocenters. The van der Waals surface area contributed by atoms with E-state index in [2.05, 4.69) is 41.9 Å². The molecule has 1 aliphatic heterocycles. The fourth-order valence-electron chi connectivity index (χ4n) is 5.60. The first-order valence-corrected chi connectivity index (χ1v) is 18.2. The van der Waals surface area contributed by atoms with E-state index >= 15 is 0 Å². The van der Waals surface area contributed by atoms with E-state index in [0.717, 1.165) is 35.5 Å². The monoisotopic (exact) mass is 779 g/mol. The number of H-pyrrole nitrogens is 1. The molecule has 4 atom stereocenters. The number of hydrogen-bond acceptors (Lipinski definition) is 11. The summed E-state index contributed by atoms with van der Waals surface area (Å²) in [5.41, 5.74) is -1.27. The number of para-hydroxylation sites is 1. The van der Waals surface area contributed by atoms with Crippen molar-refractivity contribution in [2.45, 2.75) is 71.1 Å². The number of fused-ring (bicyclic) bond motifs is 3. The standard InChI is InChI=1S/C36H45N9O9S/c1-8-22-30(49)41-23(9-2)34(52)45(6)16-28(48)38-18(3)33-43-25(17-55-33)31(50)42-24(14-21-13-20-11-10-12-26(54-7)29(20)39-21)32(51)44-36(5,19(4)46)35(53)37-15-27(47)40-22/h9-13,17-18,22,24,39H,8,14-16H2,1-7H3,(H,37,53)(H,38,48)(H,40,47)(H,41,49)(H,42,50)(H,44,51). The third-order valence-corrected chi connectivity index (χ3v) is 9.97. The van der Waals surface area contributed by atoms with Gasteiger partial charge in [0.15, 0.2) is 11.3 Å². The Labute approximate surface area is 320 Å². The zero-order valence-corrected chi connectivity index (χ0v) is 32.3. The molecule has 0 saturated heterocycles. The van der Waals surface area contributed by atoms with Crippen molar-refractivity contribution < 1.29 is 43.1 Å². The maximum Gasteiger partial charge on any atom is 0.271 e. The molecular formula is C36H45N9O9S. The predicted molar refractivity (Wildman–Crippen MR) is 200 cm³/mol. The van der Waals surface area contributed by atoms with Gasteiger partial charge in [0, 0.05) is 29.9 Å². The average molecular weight is 780 g/mol. The van der Waals surface area contributed by atoms with Crippen LogP contribution >= 0.6 is 11.3 Å². The van der Waals surface area contributed by atoms with E-state index in [4.69, 9.17) is 4.74 Å². The first-order valence-electron chi connectivity index (χ1n) is 17.3. The lowest BCUT2D eigenvalue weighted by molar-refractivity contribution is -0.141. The van der Waals surface area contributed by atoms with Gasteiger partial charge >= 0.3 is 0 Å². The minimum Gasteiger partial charge on any atom is -0.495 e. The maximum atomic E-state index is 14.0. The number of aromatic nitrogens is 2. The molecule has 4 rings (SSSR count). The molecule has 0 fully saturated rings. The zero-order chi connectivity index (χ0) is 40.6. The summed E-state index contributed by atoms with van der Waals surface area (Å²) in [6.45, 7) is 5.92. The van der Waals surface area contributed by atoms with Crippen LogP contribution < -0.4 is 36.6 Å². The number of rotatable bonds is 5. The van der Waals surface area contributed by atoms with Crippen LogP contribution in [0.1, 0.15) is 68.3 Å². The first-order chi connectivity index (χ1) is 26.0. The summed E-state index contributed by atoms with van der Waals surface area (Å²) in [6, 6.07) is 3.92. The molecule has 0 saturated carbocycles. The highest BCUT2D eigenvalue weighted by atomic mass is 32.1. The second kappa shape index (κ2) is 17.8. The molecule has 55 heavy (non-hydrogen) atoms. The van der Waals surface area contributed by atoms with Gasteiger partial charge in [-0.1, -0.05) is 25.1 Å². The van der Waals surface area contributed by atoms with Gasteiger partial charge in [-0.3, -0.25) is 38.4 Å². The van der Waals surface area contributed by atoms with Crippen LogP contribution in [0.15, 0.2) is 41.4 Å². The molecule has 7 amide bonds. The van der Waals surface area contributed by atoms with Gasteiger partial charge in [0.25, 0.3) is 17.7 Å². The highest BCUT2D eigenvalue weighted by molar-refractivity contribution is 7.09. The van der Waals surface area contributed by atoms with E-state index in [1.807, 2.05) is 6.07 Å². The van der Waals surface area contributed by atoms with Crippen molar-refractivity contribution in [1.29, 1.82) is 0 Å². The van der Waals surface area contributed by atoms with Crippen LogP contribution in [-0.2, 0) is 40.0 Å². The quantitative estimate of drug-likeness (QED) is 0.136. The number of methoxy groups -OCH3 is 1. The molecule has 2 aromatic heterocycles.